The molecule has 0 unspecified atom stereocenters. The van der Waals surface area contributed by atoms with Crippen LogP contribution in [0.2, 0.25) is 0 Å². The molecule has 0 aliphatic carbocycles. The molecule has 92 valence electrons. The SMILES string of the molecule is CN(C(=O)c1ccncc1)[C@H]1CCS(=O)(=O)C1. The van der Waals surface area contributed by atoms with Gasteiger partial charge in [-0.3, -0.25) is 9.78 Å². The summed E-state index contributed by atoms with van der Waals surface area (Å²) in [6.45, 7) is 0. The Labute approximate surface area is 100 Å². The molecule has 0 spiro atoms. The van der Waals surface area contributed by atoms with Gasteiger partial charge >= 0.3 is 0 Å². The van der Waals surface area contributed by atoms with E-state index >= 15 is 0 Å². The van der Waals surface area contributed by atoms with Crippen molar-refractivity contribution in [1.82, 2.24) is 9.88 Å². The topological polar surface area (TPSA) is 67.3 Å². The molecule has 0 radical (unpaired) electrons. The van der Waals surface area contributed by atoms with Gasteiger partial charge in [-0.1, -0.05) is 0 Å². The van der Waals surface area contributed by atoms with Crippen LogP contribution in [0.1, 0.15) is 16.8 Å². The van der Waals surface area contributed by atoms with Crippen LogP contribution in [0.5, 0.6) is 0 Å². The maximum Gasteiger partial charge on any atom is 0.253 e. The van der Waals surface area contributed by atoms with Crippen molar-refractivity contribution in [2.24, 2.45) is 0 Å². The van der Waals surface area contributed by atoms with Gasteiger partial charge in [0.15, 0.2) is 9.84 Å². The smallest absolute Gasteiger partial charge is 0.253 e. The number of sulfone groups is 1. The quantitative estimate of drug-likeness (QED) is 0.763. The van der Waals surface area contributed by atoms with Crippen LogP contribution in [0.25, 0.3) is 0 Å². The Bertz CT molecular complexity index is 513. The molecule has 1 aliphatic heterocycles. The van der Waals surface area contributed by atoms with Crippen molar-refractivity contribution >= 4 is 15.7 Å². The first-order chi connectivity index (χ1) is 7.99. The second-order valence-electron chi connectivity index (χ2n) is 4.21. The summed E-state index contributed by atoms with van der Waals surface area (Å²) in [5.74, 6) is 0.0841. The highest BCUT2D eigenvalue weighted by Gasteiger charge is 2.32. The molecule has 17 heavy (non-hydrogen) atoms. The van der Waals surface area contributed by atoms with Crippen LogP contribution in [0.3, 0.4) is 0 Å². The lowest BCUT2D eigenvalue weighted by Crippen LogP contribution is -2.37. The molecule has 2 rings (SSSR count). The Morgan fingerprint density at radius 3 is 2.59 bits per heavy atom. The van der Waals surface area contributed by atoms with Crippen LogP contribution in [0.4, 0.5) is 0 Å². The Kier molecular flexibility index (Phi) is 3.15. The van der Waals surface area contributed by atoms with E-state index in [1.54, 1.807) is 31.6 Å². The van der Waals surface area contributed by atoms with E-state index in [1.807, 2.05) is 0 Å². The van der Waals surface area contributed by atoms with Gasteiger partial charge in [-0.25, -0.2) is 8.42 Å². The van der Waals surface area contributed by atoms with Gasteiger partial charge in [-0.2, -0.15) is 0 Å². The van der Waals surface area contributed by atoms with E-state index in [9.17, 15) is 13.2 Å². The van der Waals surface area contributed by atoms with Gasteiger partial charge in [0, 0.05) is 31.0 Å². The van der Waals surface area contributed by atoms with Gasteiger partial charge in [0.1, 0.15) is 0 Å². The normalized spacial score (nSPS) is 22.3. The largest absolute Gasteiger partial charge is 0.338 e. The Hall–Kier alpha value is -1.43. The average Bonchev–Trinajstić information content (AvgIpc) is 2.69. The van der Waals surface area contributed by atoms with Gasteiger partial charge in [0.2, 0.25) is 0 Å². The van der Waals surface area contributed by atoms with Crippen LogP contribution in [0, 0.1) is 0 Å². The zero-order valence-electron chi connectivity index (χ0n) is 9.54. The fourth-order valence-corrected chi connectivity index (χ4v) is 3.72. The second kappa shape index (κ2) is 4.44. The molecule has 5 nitrogen and oxygen atoms in total. The number of amides is 1. The fourth-order valence-electron chi connectivity index (χ4n) is 1.94. The lowest BCUT2D eigenvalue weighted by Gasteiger charge is -2.23. The summed E-state index contributed by atoms with van der Waals surface area (Å²) in [6, 6.07) is 3.05. The molecule has 0 saturated carbocycles. The highest BCUT2D eigenvalue weighted by atomic mass is 32.2. The van der Waals surface area contributed by atoms with E-state index in [-0.39, 0.29) is 23.5 Å². The first-order valence-corrected chi connectivity index (χ1v) is 7.19. The molecule has 1 fully saturated rings. The van der Waals surface area contributed by atoms with Gasteiger partial charge in [0.05, 0.1) is 11.5 Å². The van der Waals surface area contributed by atoms with Crippen molar-refractivity contribution in [3.63, 3.8) is 0 Å². The number of carbonyl (C=O) groups is 1. The number of pyridine rings is 1. The fraction of sp³-hybridized carbons (Fsp3) is 0.455. The molecule has 0 aromatic carbocycles. The molecule has 0 bridgehead atoms. The van der Waals surface area contributed by atoms with E-state index in [0.717, 1.165) is 0 Å². The van der Waals surface area contributed by atoms with Crippen molar-refractivity contribution in [2.45, 2.75) is 12.5 Å². The monoisotopic (exact) mass is 254 g/mol. The minimum atomic E-state index is -2.96. The summed E-state index contributed by atoms with van der Waals surface area (Å²) in [7, 11) is -1.32. The lowest BCUT2D eigenvalue weighted by atomic mass is 10.2. The van der Waals surface area contributed by atoms with Crippen LogP contribution in [-0.2, 0) is 9.84 Å². The van der Waals surface area contributed by atoms with Crippen molar-refractivity contribution in [3.8, 4) is 0 Å². The first kappa shape index (κ1) is 12.0. The molecular formula is C11H14N2O3S. The molecular weight excluding hydrogens is 240 g/mol. The Morgan fingerprint density at radius 1 is 1.41 bits per heavy atom. The zero-order valence-corrected chi connectivity index (χ0v) is 10.4. The van der Waals surface area contributed by atoms with Crippen molar-refractivity contribution in [1.29, 1.82) is 0 Å². The van der Waals surface area contributed by atoms with Crippen molar-refractivity contribution in [3.05, 3.63) is 30.1 Å². The standard InChI is InChI=1S/C11H14N2O3S/c1-13(10-4-7-17(15,16)8-10)11(14)9-2-5-12-6-3-9/h2-3,5-6,10H,4,7-8H2,1H3/t10-/m0/s1. The van der Waals surface area contributed by atoms with Crippen LogP contribution < -0.4 is 0 Å². The summed E-state index contributed by atoms with van der Waals surface area (Å²) >= 11 is 0. The van der Waals surface area contributed by atoms with Crippen LogP contribution in [-0.4, -0.2) is 48.8 Å². The van der Waals surface area contributed by atoms with Crippen molar-refractivity contribution in [2.75, 3.05) is 18.6 Å². The third-order valence-electron chi connectivity index (χ3n) is 3.00. The van der Waals surface area contributed by atoms with E-state index in [2.05, 4.69) is 4.98 Å². The minimum absolute atomic E-state index is 0.0698. The summed E-state index contributed by atoms with van der Waals surface area (Å²) in [5.41, 5.74) is 0.534. The van der Waals surface area contributed by atoms with E-state index in [1.165, 1.54) is 4.90 Å². The summed E-state index contributed by atoms with van der Waals surface area (Å²) < 4.78 is 22.7. The average molecular weight is 254 g/mol. The summed E-state index contributed by atoms with van der Waals surface area (Å²) in [6.07, 6.45) is 3.62. The van der Waals surface area contributed by atoms with Crippen LogP contribution in [0.15, 0.2) is 24.5 Å². The third kappa shape index (κ3) is 2.63. The van der Waals surface area contributed by atoms with Gasteiger partial charge in [0.25, 0.3) is 5.91 Å². The van der Waals surface area contributed by atoms with E-state index in [4.69, 9.17) is 0 Å². The Balaban J connectivity index is 2.11. The van der Waals surface area contributed by atoms with Gasteiger partial charge < -0.3 is 4.90 Å². The number of hydrogen-bond acceptors (Lipinski definition) is 4. The molecule has 1 aliphatic rings. The number of aromatic nitrogens is 1. The maximum absolute atomic E-state index is 12.0. The maximum atomic E-state index is 12.0. The number of nitrogens with zero attached hydrogens (tertiary/aromatic N) is 2. The van der Waals surface area contributed by atoms with Gasteiger partial charge in [-0.15, -0.1) is 0 Å². The zero-order chi connectivity index (χ0) is 12.5. The molecule has 0 N–H and O–H groups in total. The number of rotatable bonds is 2. The third-order valence-corrected chi connectivity index (χ3v) is 4.75. The molecule has 6 heteroatoms. The predicted octanol–water partition coefficient (Wildman–Crippen LogP) is 0.341. The highest BCUT2D eigenvalue weighted by Crippen LogP contribution is 2.18. The molecule has 2 heterocycles. The highest BCUT2D eigenvalue weighted by molar-refractivity contribution is 7.91. The molecule has 1 saturated heterocycles. The van der Waals surface area contributed by atoms with Crippen molar-refractivity contribution < 1.29 is 13.2 Å². The molecule has 1 aromatic rings. The second-order valence-corrected chi connectivity index (χ2v) is 6.44. The Morgan fingerprint density at radius 2 is 2.06 bits per heavy atom. The van der Waals surface area contributed by atoms with E-state index < -0.39 is 9.84 Å². The van der Waals surface area contributed by atoms with Crippen LogP contribution >= 0.6 is 0 Å². The first-order valence-electron chi connectivity index (χ1n) is 5.37. The number of hydrogen-bond donors (Lipinski definition) is 0. The lowest BCUT2D eigenvalue weighted by molar-refractivity contribution is 0.0747. The minimum Gasteiger partial charge on any atom is -0.338 e. The summed E-state index contributed by atoms with van der Waals surface area (Å²) in [4.78, 5) is 17.4. The molecule has 1 amide bonds. The molecule has 1 aromatic heterocycles. The summed E-state index contributed by atoms with van der Waals surface area (Å²) in [5, 5.41) is 0. The number of carbonyl (C=O) groups excluding carboxylic acids is 1. The van der Waals surface area contributed by atoms with Gasteiger partial charge in [-0.05, 0) is 18.6 Å². The predicted molar refractivity (Wildman–Crippen MR) is 63.4 cm³/mol. The van der Waals surface area contributed by atoms with E-state index in [0.29, 0.717) is 12.0 Å². The molecule has 1 atom stereocenters.